The summed E-state index contributed by atoms with van der Waals surface area (Å²) < 4.78 is 1.79. The molecule has 0 fully saturated rings. The van der Waals surface area contributed by atoms with Gasteiger partial charge in [-0.2, -0.15) is 5.10 Å². The first-order valence-corrected chi connectivity index (χ1v) is 5.50. The standard InChI is InChI=1S/C11H13N3S/c1-8-4-3-5-10(12)11(8)15-9-6-13-14(2)7-9/h3-7H,12H2,1-2H3. The number of nitrogens with zero attached hydrogens (tertiary/aromatic N) is 2. The number of benzene rings is 1. The zero-order valence-corrected chi connectivity index (χ0v) is 9.58. The van der Waals surface area contributed by atoms with E-state index < -0.39 is 0 Å². The Bertz CT molecular complexity index is 456. The molecule has 4 heteroatoms. The summed E-state index contributed by atoms with van der Waals surface area (Å²) >= 11 is 1.65. The predicted molar refractivity (Wildman–Crippen MR) is 62.9 cm³/mol. The highest BCUT2D eigenvalue weighted by molar-refractivity contribution is 7.99. The van der Waals surface area contributed by atoms with Crippen molar-refractivity contribution in [2.75, 3.05) is 5.73 Å². The fraction of sp³-hybridized carbons (Fsp3) is 0.182. The molecular weight excluding hydrogens is 206 g/mol. The summed E-state index contributed by atoms with van der Waals surface area (Å²) in [5, 5.41) is 4.13. The highest BCUT2D eigenvalue weighted by Gasteiger charge is 2.05. The Morgan fingerprint density at radius 1 is 1.40 bits per heavy atom. The van der Waals surface area contributed by atoms with E-state index in [2.05, 4.69) is 18.1 Å². The van der Waals surface area contributed by atoms with Crippen LogP contribution in [-0.4, -0.2) is 9.78 Å². The van der Waals surface area contributed by atoms with Crippen LogP contribution in [0.4, 0.5) is 5.69 Å². The van der Waals surface area contributed by atoms with Gasteiger partial charge in [-0.25, -0.2) is 0 Å². The van der Waals surface area contributed by atoms with Gasteiger partial charge < -0.3 is 5.73 Å². The van der Waals surface area contributed by atoms with Gasteiger partial charge in [0.05, 0.1) is 11.1 Å². The van der Waals surface area contributed by atoms with Crippen LogP contribution in [-0.2, 0) is 7.05 Å². The number of aryl methyl sites for hydroxylation is 2. The molecule has 0 saturated heterocycles. The first kappa shape index (κ1) is 10.1. The largest absolute Gasteiger partial charge is 0.398 e. The fourth-order valence-corrected chi connectivity index (χ4v) is 2.34. The van der Waals surface area contributed by atoms with E-state index in [1.165, 1.54) is 5.56 Å². The van der Waals surface area contributed by atoms with Gasteiger partial charge in [-0.15, -0.1) is 0 Å². The second kappa shape index (κ2) is 3.98. The first-order chi connectivity index (χ1) is 7.16. The van der Waals surface area contributed by atoms with Gasteiger partial charge in [0.1, 0.15) is 0 Å². The minimum absolute atomic E-state index is 0.823. The molecule has 0 radical (unpaired) electrons. The van der Waals surface area contributed by atoms with Crippen LogP contribution in [0.25, 0.3) is 0 Å². The van der Waals surface area contributed by atoms with Crippen LogP contribution in [0.5, 0.6) is 0 Å². The second-order valence-electron chi connectivity index (χ2n) is 3.45. The molecule has 0 aliphatic rings. The van der Waals surface area contributed by atoms with Crippen LogP contribution in [0, 0.1) is 6.92 Å². The quantitative estimate of drug-likeness (QED) is 0.789. The molecule has 2 N–H and O–H groups in total. The molecular formula is C11H13N3S. The van der Waals surface area contributed by atoms with Gasteiger partial charge in [-0.3, -0.25) is 4.68 Å². The van der Waals surface area contributed by atoms with E-state index in [4.69, 9.17) is 5.73 Å². The molecule has 15 heavy (non-hydrogen) atoms. The summed E-state index contributed by atoms with van der Waals surface area (Å²) in [4.78, 5) is 2.23. The van der Waals surface area contributed by atoms with Crippen molar-refractivity contribution >= 4 is 17.4 Å². The maximum atomic E-state index is 5.93. The number of hydrogen-bond acceptors (Lipinski definition) is 3. The van der Waals surface area contributed by atoms with Crippen molar-refractivity contribution in [2.24, 2.45) is 7.05 Å². The minimum Gasteiger partial charge on any atom is -0.398 e. The Morgan fingerprint density at radius 2 is 2.20 bits per heavy atom. The molecule has 0 aliphatic carbocycles. The minimum atomic E-state index is 0.823. The Kier molecular flexibility index (Phi) is 2.68. The van der Waals surface area contributed by atoms with Crippen LogP contribution in [0.2, 0.25) is 0 Å². The van der Waals surface area contributed by atoms with Gasteiger partial charge in [0, 0.05) is 23.8 Å². The molecule has 0 amide bonds. The van der Waals surface area contributed by atoms with Crippen LogP contribution in [0.15, 0.2) is 40.4 Å². The molecule has 1 aromatic heterocycles. The highest BCUT2D eigenvalue weighted by Crippen LogP contribution is 2.33. The van der Waals surface area contributed by atoms with Crippen molar-refractivity contribution in [3.8, 4) is 0 Å². The van der Waals surface area contributed by atoms with E-state index in [9.17, 15) is 0 Å². The lowest BCUT2D eigenvalue weighted by Gasteiger charge is -2.06. The number of rotatable bonds is 2. The van der Waals surface area contributed by atoms with E-state index in [1.807, 2.05) is 31.6 Å². The fourth-order valence-electron chi connectivity index (χ4n) is 1.38. The smallest absolute Gasteiger partial charge is 0.0629 e. The molecule has 0 saturated carbocycles. The first-order valence-electron chi connectivity index (χ1n) is 4.68. The van der Waals surface area contributed by atoms with E-state index in [1.54, 1.807) is 16.4 Å². The third-order valence-electron chi connectivity index (χ3n) is 2.14. The molecule has 0 aliphatic heterocycles. The average Bonchev–Trinajstić information content (AvgIpc) is 2.58. The number of hydrogen-bond donors (Lipinski definition) is 1. The van der Waals surface area contributed by atoms with Crippen molar-refractivity contribution in [1.82, 2.24) is 9.78 Å². The maximum Gasteiger partial charge on any atom is 0.0629 e. The zero-order valence-electron chi connectivity index (χ0n) is 8.77. The van der Waals surface area contributed by atoms with E-state index in [0.717, 1.165) is 15.5 Å². The van der Waals surface area contributed by atoms with Gasteiger partial charge in [-0.05, 0) is 18.6 Å². The summed E-state index contributed by atoms with van der Waals surface area (Å²) in [6.45, 7) is 2.06. The summed E-state index contributed by atoms with van der Waals surface area (Å²) in [5.41, 5.74) is 7.95. The number of nitrogen functional groups attached to an aromatic ring is 1. The average molecular weight is 219 g/mol. The number of nitrogens with two attached hydrogens (primary N) is 1. The van der Waals surface area contributed by atoms with Gasteiger partial charge in [0.25, 0.3) is 0 Å². The van der Waals surface area contributed by atoms with E-state index in [0.29, 0.717) is 0 Å². The zero-order chi connectivity index (χ0) is 10.8. The summed E-state index contributed by atoms with van der Waals surface area (Å²) in [6.07, 6.45) is 3.83. The Morgan fingerprint density at radius 3 is 2.80 bits per heavy atom. The lowest BCUT2D eigenvalue weighted by Crippen LogP contribution is -1.90. The highest BCUT2D eigenvalue weighted by atomic mass is 32.2. The predicted octanol–water partition coefficient (Wildman–Crippen LogP) is 2.46. The van der Waals surface area contributed by atoms with Crippen molar-refractivity contribution in [3.63, 3.8) is 0 Å². The normalized spacial score (nSPS) is 10.5. The van der Waals surface area contributed by atoms with Gasteiger partial charge in [0.2, 0.25) is 0 Å². The van der Waals surface area contributed by atoms with Crippen molar-refractivity contribution < 1.29 is 0 Å². The van der Waals surface area contributed by atoms with Gasteiger partial charge in [0.15, 0.2) is 0 Å². The summed E-state index contributed by atoms with van der Waals surface area (Å²) in [5.74, 6) is 0. The Balaban J connectivity index is 2.31. The van der Waals surface area contributed by atoms with E-state index >= 15 is 0 Å². The lowest BCUT2D eigenvalue weighted by atomic mass is 10.2. The van der Waals surface area contributed by atoms with Crippen molar-refractivity contribution in [1.29, 1.82) is 0 Å². The third kappa shape index (κ3) is 2.15. The second-order valence-corrected chi connectivity index (χ2v) is 4.53. The SMILES string of the molecule is Cc1cccc(N)c1Sc1cnn(C)c1. The van der Waals surface area contributed by atoms with Gasteiger partial charge >= 0.3 is 0 Å². The van der Waals surface area contributed by atoms with Gasteiger partial charge in [-0.1, -0.05) is 23.9 Å². The Hall–Kier alpha value is -1.42. The molecule has 2 rings (SSSR count). The number of aromatic nitrogens is 2. The van der Waals surface area contributed by atoms with Crippen molar-refractivity contribution in [3.05, 3.63) is 36.2 Å². The van der Waals surface area contributed by atoms with Crippen LogP contribution in [0.1, 0.15) is 5.56 Å². The molecule has 0 spiro atoms. The summed E-state index contributed by atoms with van der Waals surface area (Å²) in [7, 11) is 1.91. The molecule has 0 bridgehead atoms. The van der Waals surface area contributed by atoms with Crippen LogP contribution >= 0.6 is 11.8 Å². The Labute approximate surface area is 93.3 Å². The number of anilines is 1. The van der Waals surface area contributed by atoms with E-state index in [-0.39, 0.29) is 0 Å². The molecule has 1 aromatic carbocycles. The van der Waals surface area contributed by atoms with Crippen LogP contribution < -0.4 is 5.73 Å². The summed E-state index contributed by atoms with van der Waals surface area (Å²) in [6, 6.07) is 5.96. The monoisotopic (exact) mass is 219 g/mol. The molecule has 0 unspecified atom stereocenters. The molecule has 1 heterocycles. The molecule has 3 nitrogen and oxygen atoms in total. The third-order valence-corrected chi connectivity index (χ3v) is 3.35. The molecule has 78 valence electrons. The molecule has 0 atom stereocenters. The molecule has 2 aromatic rings. The van der Waals surface area contributed by atoms with Crippen molar-refractivity contribution in [2.45, 2.75) is 16.7 Å². The lowest BCUT2D eigenvalue weighted by molar-refractivity contribution is 0.766. The topological polar surface area (TPSA) is 43.8 Å². The maximum absolute atomic E-state index is 5.93. The van der Waals surface area contributed by atoms with Crippen LogP contribution in [0.3, 0.4) is 0 Å².